The van der Waals surface area contributed by atoms with E-state index in [0.717, 1.165) is 37.6 Å². The van der Waals surface area contributed by atoms with Crippen LogP contribution in [0.1, 0.15) is 18.9 Å². The standard InChI is InChI=1S/C21H27FN6O/c1-15(29)26-17-7-5-16(6-8-17)9-12-25-21(23-2)27-18-10-13-28(14-18)20-19(22)4-3-11-24-20/h3-8,11,18H,9-10,12-14H2,1-2H3,(H,26,29)(H2,23,25,27). The highest BCUT2D eigenvalue weighted by molar-refractivity contribution is 5.88. The highest BCUT2D eigenvalue weighted by Gasteiger charge is 2.25. The minimum atomic E-state index is -0.292. The molecule has 154 valence electrons. The van der Waals surface area contributed by atoms with Gasteiger partial charge in [0.1, 0.15) is 0 Å². The molecule has 2 heterocycles. The summed E-state index contributed by atoms with van der Waals surface area (Å²) in [5.74, 6) is 0.765. The van der Waals surface area contributed by atoms with E-state index in [-0.39, 0.29) is 17.8 Å². The third kappa shape index (κ3) is 5.91. The van der Waals surface area contributed by atoms with E-state index in [0.29, 0.717) is 12.4 Å². The molecule has 1 atom stereocenters. The number of halogens is 1. The van der Waals surface area contributed by atoms with Gasteiger partial charge in [-0.25, -0.2) is 9.37 Å². The van der Waals surface area contributed by atoms with E-state index in [4.69, 9.17) is 0 Å². The summed E-state index contributed by atoms with van der Waals surface area (Å²) in [5, 5.41) is 9.48. The Labute approximate surface area is 170 Å². The molecule has 29 heavy (non-hydrogen) atoms. The summed E-state index contributed by atoms with van der Waals surface area (Å²) in [6.45, 7) is 3.65. The molecule has 3 N–H and O–H groups in total. The number of anilines is 2. The van der Waals surface area contributed by atoms with Crippen LogP contribution in [0.15, 0.2) is 47.6 Å². The largest absolute Gasteiger partial charge is 0.356 e. The van der Waals surface area contributed by atoms with Crippen molar-refractivity contribution in [3.8, 4) is 0 Å². The van der Waals surface area contributed by atoms with Gasteiger partial charge < -0.3 is 20.9 Å². The fourth-order valence-electron chi connectivity index (χ4n) is 3.35. The summed E-state index contributed by atoms with van der Waals surface area (Å²) >= 11 is 0. The Balaban J connectivity index is 1.44. The molecule has 1 fully saturated rings. The lowest BCUT2D eigenvalue weighted by molar-refractivity contribution is -0.114. The molecule has 0 radical (unpaired) electrons. The van der Waals surface area contributed by atoms with Crippen LogP contribution in [0.2, 0.25) is 0 Å². The molecule has 1 aliphatic heterocycles. The topological polar surface area (TPSA) is 81.6 Å². The lowest BCUT2D eigenvalue weighted by atomic mass is 10.1. The Hall–Kier alpha value is -3.16. The van der Waals surface area contributed by atoms with Crippen molar-refractivity contribution >= 4 is 23.4 Å². The van der Waals surface area contributed by atoms with Gasteiger partial charge in [0.2, 0.25) is 5.91 Å². The SMILES string of the molecule is CN=C(NCCc1ccc(NC(C)=O)cc1)NC1CCN(c2ncccc2F)C1. The highest BCUT2D eigenvalue weighted by atomic mass is 19.1. The number of hydrogen-bond donors (Lipinski definition) is 3. The quantitative estimate of drug-likeness (QED) is 0.513. The zero-order valence-electron chi connectivity index (χ0n) is 16.8. The number of nitrogens with one attached hydrogen (secondary N) is 3. The molecule has 1 saturated heterocycles. The van der Waals surface area contributed by atoms with E-state index < -0.39 is 0 Å². The van der Waals surface area contributed by atoms with Crippen molar-refractivity contribution in [1.82, 2.24) is 15.6 Å². The van der Waals surface area contributed by atoms with Gasteiger partial charge >= 0.3 is 0 Å². The summed E-state index contributed by atoms with van der Waals surface area (Å²) in [6, 6.07) is 11.0. The smallest absolute Gasteiger partial charge is 0.221 e. The zero-order valence-corrected chi connectivity index (χ0v) is 16.8. The summed E-state index contributed by atoms with van der Waals surface area (Å²) in [7, 11) is 1.74. The Morgan fingerprint density at radius 3 is 2.79 bits per heavy atom. The van der Waals surface area contributed by atoms with E-state index in [1.165, 1.54) is 18.6 Å². The number of amides is 1. The van der Waals surface area contributed by atoms with Crippen molar-refractivity contribution in [2.24, 2.45) is 4.99 Å². The van der Waals surface area contributed by atoms with E-state index in [1.807, 2.05) is 29.2 Å². The molecule has 0 spiro atoms. The molecule has 1 aliphatic rings. The van der Waals surface area contributed by atoms with Crippen LogP contribution >= 0.6 is 0 Å². The molecule has 1 aromatic heterocycles. The van der Waals surface area contributed by atoms with Gasteiger partial charge in [-0.1, -0.05) is 12.1 Å². The zero-order chi connectivity index (χ0) is 20.6. The molecular formula is C21H27FN6O. The Morgan fingerprint density at radius 1 is 1.31 bits per heavy atom. The normalized spacial score (nSPS) is 16.6. The molecule has 3 rings (SSSR count). The van der Waals surface area contributed by atoms with Crippen molar-refractivity contribution in [3.63, 3.8) is 0 Å². The molecule has 7 nitrogen and oxygen atoms in total. The summed E-state index contributed by atoms with van der Waals surface area (Å²) in [5.41, 5.74) is 1.96. The van der Waals surface area contributed by atoms with Gasteiger partial charge in [-0.2, -0.15) is 0 Å². The Bertz CT molecular complexity index is 855. The molecule has 2 aromatic rings. The second-order valence-corrected chi connectivity index (χ2v) is 7.01. The average molecular weight is 398 g/mol. The van der Waals surface area contributed by atoms with Gasteiger partial charge in [0.25, 0.3) is 0 Å². The molecular weight excluding hydrogens is 371 g/mol. The number of pyridine rings is 1. The molecule has 8 heteroatoms. The number of rotatable bonds is 6. The number of nitrogens with zero attached hydrogens (tertiary/aromatic N) is 3. The van der Waals surface area contributed by atoms with Crippen molar-refractivity contribution in [2.45, 2.75) is 25.8 Å². The van der Waals surface area contributed by atoms with Gasteiger partial charge in [0, 0.05) is 51.5 Å². The fourth-order valence-corrected chi connectivity index (χ4v) is 3.35. The van der Waals surface area contributed by atoms with Crippen LogP contribution in [-0.2, 0) is 11.2 Å². The minimum Gasteiger partial charge on any atom is -0.356 e. The molecule has 1 aromatic carbocycles. The van der Waals surface area contributed by atoms with Crippen LogP contribution < -0.4 is 20.9 Å². The molecule has 0 bridgehead atoms. The number of benzene rings is 1. The second kappa shape index (κ2) is 9.86. The van der Waals surface area contributed by atoms with Crippen LogP contribution in [0.25, 0.3) is 0 Å². The highest BCUT2D eigenvalue weighted by Crippen LogP contribution is 2.20. The first kappa shape index (κ1) is 20.6. The average Bonchev–Trinajstić information content (AvgIpc) is 3.16. The molecule has 1 unspecified atom stereocenters. The summed E-state index contributed by atoms with van der Waals surface area (Å²) in [4.78, 5) is 21.5. The van der Waals surface area contributed by atoms with Crippen LogP contribution in [0.4, 0.5) is 15.9 Å². The van der Waals surface area contributed by atoms with Crippen molar-refractivity contribution in [2.75, 3.05) is 36.9 Å². The predicted octanol–water partition coefficient (Wildman–Crippen LogP) is 2.17. The lowest BCUT2D eigenvalue weighted by Crippen LogP contribution is -2.45. The van der Waals surface area contributed by atoms with Gasteiger partial charge in [-0.05, 0) is 42.7 Å². The summed E-state index contributed by atoms with van der Waals surface area (Å²) in [6.07, 6.45) is 3.33. The maximum absolute atomic E-state index is 13.9. The summed E-state index contributed by atoms with van der Waals surface area (Å²) < 4.78 is 13.9. The monoisotopic (exact) mass is 398 g/mol. The Morgan fingerprint density at radius 2 is 2.10 bits per heavy atom. The van der Waals surface area contributed by atoms with Gasteiger partial charge in [-0.3, -0.25) is 9.79 Å². The second-order valence-electron chi connectivity index (χ2n) is 7.01. The third-order valence-electron chi connectivity index (χ3n) is 4.77. The first-order chi connectivity index (χ1) is 14.0. The van der Waals surface area contributed by atoms with E-state index in [1.54, 1.807) is 19.3 Å². The van der Waals surface area contributed by atoms with Crippen molar-refractivity contribution in [1.29, 1.82) is 0 Å². The molecule has 1 amide bonds. The van der Waals surface area contributed by atoms with Crippen molar-refractivity contribution < 1.29 is 9.18 Å². The van der Waals surface area contributed by atoms with Gasteiger partial charge in [-0.15, -0.1) is 0 Å². The van der Waals surface area contributed by atoms with Crippen molar-refractivity contribution in [3.05, 3.63) is 54.0 Å². The fraction of sp³-hybridized carbons (Fsp3) is 0.381. The maximum atomic E-state index is 13.9. The van der Waals surface area contributed by atoms with Crippen LogP contribution in [-0.4, -0.2) is 49.6 Å². The number of carbonyl (C=O) groups is 1. The van der Waals surface area contributed by atoms with Crippen LogP contribution in [0.5, 0.6) is 0 Å². The maximum Gasteiger partial charge on any atom is 0.221 e. The third-order valence-corrected chi connectivity index (χ3v) is 4.77. The first-order valence-electron chi connectivity index (χ1n) is 9.74. The number of guanidine groups is 1. The van der Waals surface area contributed by atoms with Gasteiger partial charge in [0.05, 0.1) is 0 Å². The van der Waals surface area contributed by atoms with E-state index in [9.17, 15) is 9.18 Å². The van der Waals surface area contributed by atoms with Gasteiger partial charge in [0.15, 0.2) is 17.6 Å². The number of hydrogen-bond acceptors (Lipinski definition) is 4. The molecule has 0 saturated carbocycles. The molecule has 0 aliphatic carbocycles. The predicted molar refractivity (Wildman–Crippen MR) is 114 cm³/mol. The number of aliphatic imine (C=N–C) groups is 1. The first-order valence-corrected chi connectivity index (χ1v) is 9.74. The van der Waals surface area contributed by atoms with Crippen LogP contribution in [0, 0.1) is 5.82 Å². The number of aromatic nitrogens is 1. The minimum absolute atomic E-state index is 0.0782. The van der Waals surface area contributed by atoms with E-state index >= 15 is 0 Å². The lowest BCUT2D eigenvalue weighted by Gasteiger charge is -2.20. The Kier molecular flexibility index (Phi) is 6.99. The van der Waals surface area contributed by atoms with Crippen LogP contribution in [0.3, 0.4) is 0 Å². The number of carbonyl (C=O) groups excluding carboxylic acids is 1. The van der Waals surface area contributed by atoms with E-state index in [2.05, 4.69) is 25.9 Å².